The second kappa shape index (κ2) is 5.65. The monoisotopic (exact) mass is 157 g/mol. The molecule has 0 bridgehead atoms. The number of hydrogen-bond acceptors (Lipinski definition) is 2. The molecule has 11 heavy (non-hydrogen) atoms. The van der Waals surface area contributed by atoms with Gasteiger partial charge in [-0.1, -0.05) is 13.8 Å². The van der Waals surface area contributed by atoms with Gasteiger partial charge in [-0.05, 0) is 12.1 Å². The van der Waals surface area contributed by atoms with Gasteiger partial charge in [0.2, 0.25) is 5.88 Å². The number of methoxy groups -OCH3 is 1. The lowest BCUT2D eigenvalue weighted by atomic mass is 10.5. The molecule has 1 aromatic rings. The molecule has 0 atom stereocenters. The maximum absolute atomic E-state index is 12.4. The SMILES string of the molecule is CC.COc1ncccc1F. The van der Waals surface area contributed by atoms with Crippen LogP contribution in [0.3, 0.4) is 0 Å². The van der Waals surface area contributed by atoms with Crippen molar-refractivity contribution in [1.29, 1.82) is 0 Å². The van der Waals surface area contributed by atoms with Crippen molar-refractivity contribution in [3.8, 4) is 5.88 Å². The Morgan fingerprint density at radius 1 is 1.45 bits per heavy atom. The first-order chi connectivity index (χ1) is 5.34. The van der Waals surface area contributed by atoms with Crippen molar-refractivity contribution >= 4 is 0 Å². The highest BCUT2D eigenvalue weighted by atomic mass is 19.1. The van der Waals surface area contributed by atoms with Crippen molar-refractivity contribution in [1.82, 2.24) is 4.98 Å². The second-order valence-electron chi connectivity index (χ2n) is 1.49. The molecule has 0 radical (unpaired) electrons. The normalized spacial score (nSPS) is 8.00. The number of ether oxygens (including phenoxy) is 1. The average Bonchev–Trinajstić information content (AvgIpc) is 2.09. The average molecular weight is 157 g/mol. The van der Waals surface area contributed by atoms with Gasteiger partial charge < -0.3 is 4.74 Å². The Kier molecular flexibility index (Phi) is 5.07. The fraction of sp³-hybridized carbons (Fsp3) is 0.375. The summed E-state index contributed by atoms with van der Waals surface area (Å²) in [5.74, 6) is -0.391. The Bertz CT molecular complexity index is 203. The molecule has 0 saturated carbocycles. The minimum absolute atomic E-state index is 0.0394. The zero-order chi connectivity index (χ0) is 8.69. The number of hydrogen-bond donors (Lipinski definition) is 0. The zero-order valence-corrected chi connectivity index (χ0v) is 6.97. The van der Waals surface area contributed by atoms with Crippen LogP contribution in [-0.2, 0) is 0 Å². The van der Waals surface area contributed by atoms with Crippen LogP contribution < -0.4 is 4.74 Å². The Balaban J connectivity index is 0.000000461. The molecule has 0 unspecified atom stereocenters. The molecule has 0 spiro atoms. The molecule has 0 aliphatic heterocycles. The molecular formula is C8H12FNO. The summed E-state index contributed by atoms with van der Waals surface area (Å²) in [6.07, 6.45) is 1.47. The van der Waals surface area contributed by atoms with E-state index in [-0.39, 0.29) is 5.88 Å². The Hall–Kier alpha value is -1.12. The van der Waals surface area contributed by atoms with Gasteiger partial charge >= 0.3 is 0 Å². The largest absolute Gasteiger partial charge is 0.479 e. The topological polar surface area (TPSA) is 22.1 Å². The molecule has 0 aromatic carbocycles. The quantitative estimate of drug-likeness (QED) is 0.623. The fourth-order valence-corrected chi connectivity index (χ4v) is 0.521. The predicted octanol–water partition coefficient (Wildman–Crippen LogP) is 2.26. The molecule has 1 aromatic heterocycles. The summed E-state index contributed by atoms with van der Waals surface area (Å²) >= 11 is 0. The van der Waals surface area contributed by atoms with Crippen molar-refractivity contribution in [2.24, 2.45) is 0 Å². The Labute approximate surface area is 66.0 Å². The van der Waals surface area contributed by atoms with Crippen LogP contribution in [0.1, 0.15) is 13.8 Å². The summed E-state index contributed by atoms with van der Waals surface area (Å²) in [5, 5.41) is 0. The highest BCUT2D eigenvalue weighted by molar-refractivity contribution is 5.12. The van der Waals surface area contributed by atoms with E-state index in [9.17, 15) is 4.39 Å². The summed E-state index contributed by atoms with van der Waals surface area (Å²) in [7, 11) is 1.38. The van der Waals surface area contributed by atoms with Crippen LogP contribution in [0.4, 0.5) is 4.39 Å². The molecule has 62 valence electrons. The standard InChI is InChI=1S/C6H6FNO.C2H6/c1-9-6-5(7)3-2-4-8-6;1-2/h2-4H,1H3;1-2H3. The lowest BCUT2D eigenvalue weighted by Crippen LogP contribution is -1.89. The number of aromatic nitrogens is 1. The Morgan fingerprint density at radius 3 is 2.45 bits per heavy atom. The zero-order valence-electron chi connectivity index (χ0n) is 6.97. The van der Waals surface area contributed by atoms with E-state index >= 15 is 0 Å². The third kappa shape index (κ3) is 2.98. The van der Waals surface area contributed by atoms with Crippen molar-refractivity contribution in [3.63, 3.8) is 0 Å². The molecule has 0 amide bonds. The van der Waals surface area contributed by atoms with Crippen molar-refractivity contribution in [2.75, 3.05) is 7.11 Å². The van der Waals surface area contributed by atoms with Gasteiger partial charge in [-0.3, -0.25) is 0 Å². The second-order valence-corrected chi connectivity index (χ2v) is 1.49. The smallest absolute Gasteiger partial charge is 0.250 e. The Morgan fingerprint density at radius 2 is 2.09 bits per heavy atom. The molecular weight excluding hydrogens is 145 g/mol. The number of pyridine rings is 1. The maximum atomic E-state index is 12.4. The third-order valence-electron chi connectivity index (χ3n) is 0.918. The van der Waals surface area contributed by atoms with E-state index in [1.165, 1.54) is 25.4 Å². The third-order valence-corrected chi connectivity index (χ3v) is 0.918. The molecule has 0 N–H and O–H groups in total. The molecule has 0 fully saturated rings. The minimum atomic E-state index is -0.431. The van der Waals surface area contributed by atoms with Crippen LogP contribution >= 0.6 is 0 Å². The molecule has 0 saturated heterocycles. The maximum Gasteiger partial charge on any atom is 0.250 e. The number of nitrogens with zero attached hydrogens (tertiary/aromatic N) is 1. The molecule has 0 aliphatic rings. The van der Waals surface area contributed by atoms with Crippen LogP contribution in [-0.4, -0.2) is 12.1 Å². The van der Waals surface area contributed by atoms with Gasteiger partial charge in [0.25, 0.3) is 0 Å². The van der Waals surface area contributed by atoms with Gasteiger partial charge in [0.05, 0.1) is 7.11 Å². The van der Waals surface area contributed by atoms with Crippen molar-refractivity contribution in [3.05, 3.63) is 24.1 Å². The first kappa shape index (κ1) is 9.88. The van der Waals surface area contributed by atoms with Crippen molar-refractivity contribution in [2.45, 2.75) is 13.8 Å². The first-order valence-electron chi connectivity index (χ1n) is 3.49. The van der Waals surface area contributed by atoms with Crippen LogP contribution in [0, 0.1) is 5.82 Å². The summed E-state index contributed by atoms with van der Waals surface area (Å²) in [6, 6.07) is 2.81. The van der Waals surface area contributed by atoms with E-state index in [0.29, 0.717) is 0 Å². The molecule has 0 aliphatic carbocycles. The van der Waals surface area contributed by atoms with Gasteiger partial charge in [-0.15, -0.1) is 0 Å². The summed E-state index contributed by atoms with van der Waals surface area (Å²) in [6.45, 7) is 4.00. The van der Waals surface area contributed by atoms with Crippen molar-refractivity contribution < 1.29 is 9.13 Å². The van der Waals surface area contributed by atoms with Gasteiger partial charge in [-0.25, -0.2) is 9.37 Å². The van der Waals surface area contributed by atoms with E-state index < -0.39 is 5.82 Å². The lowest BCUT2D eigenvalue weighted by Gasteiger charge is -1.95. The highest BCUT2D eigenvalue weighted by Gasteiger charge is 1.97. The van der Waals surface area contributed by atoms with E-state index in [2.05, 4.69) is 9.72 Å². The lowest BCUT2D eigenvalue weighted by molar-refractivity contribution is 0.369. The van der Waals surface area contributed by atoms with E-state index in [1.807, 2.05) is 13.8 Å². The van der Waals surface area contributed by atoms with Gasteiger partial charge in [-0.2, -0.15) is 0 Å². The minimum Gasteiger partial charge on any atom is -0.479 e. The summed E-state index contributed by atoms with van der Waals surface area (Å²) < 4.78 is 17.0. The van der Waals surface area contributed by atoms with Gasteiger partial charge in [0.1, 0.15) is 0 Å². The first-order valence-corrected chi connectivity index (χ1v) is 3.49. The molecule has 1 rings (SSSR count). The van der Waals surface area contributed by atoms with Gasteiger partial charge in [0.15, 0.2) is 5.82 Å². The van der Waals surface area contributed by atoms with Crippen LogP contribution in [0.2, 0.25) is 0 Å². The molecule has 1 heterocycles. The van der Waals surface area contributed by atoms with Crippen LogP contribution in [0.5, 0.6) is 5.88 Å². The van der Waals surface area contributed by atoms with Crippen LogP contribution in [0.25, 0.3) is 0 Å². The summed E-state index contributed by atoms with van der Waals surface area (Å²) in [4.78, 5) is 3.60. The van der Waals surface area contributed by atoms with E-state index in [4.69, 9.17) is 0 Å². The predicted molar refractivity (Wildman–Crippen MR) is 42.1 cm³/mol. The van der Waals surface area contributed by atoms with E-state index in [0.717, 1.165) is 0 Å². The fourth-order valence-electron chi connectivity index (χ4n) is 0.521. The van der Waals surface area contributed by atoms with Gasteiger partial charge in [0, 0.05) is 6.20 Å². The molecule has 3 heteroatoms. The van der Waals surface area contributed by atoms with E-state index in [1.54, 1.807) is 0 Å². The molecule has 2 nitrogen and oxygen atoms in total. The number of halogens is 1. The van der Waals surface area contributed by atoms with Crippen LogP contribution in [0.15, 0.2) is 18.3 Å². The highest BCUT2D eigenvalue weighted by Crippen LogP contribution is 2.09. The number of rotatable bonds is 1. The summed E-state index contributed by atoms with van der Waals surface area (Å²) in [5.41, 5.74) is 0.